The summed E-state index contributed by atoms with van der Waals surface area (Å²) < 4.78 is 12.2. The van der Waals surface area contributed by atoms with Crippen LogP contribution in [0.5, 0.6) is 17.2 Å². The summed E-state index contributed by atoms with van der Waals surface area (Å²) in [6.45, 7) is 7.54. The summed E-state index contributed by atoms with van der Waals surface area (Å²) in [7, 11) is 0. The number of phenols is 1. The third kappa shape index (κ3) is 2.99. The highest BCUT2D eigenvalue weighted by Crippen LogP contribution is 2.43. The molecule has 0 radical (unpaired) electrons. The molecule has 0 bridgehead atoms. The highest BCUT2D eigenvalue weighted by Gasteiger charge is 2.42. The van der Waals surface area contributed by atoms with E-state index in [0.717, 1.165) is 46.6 Å². The van der Waals surface area contributed by atoms with Gasteiger partial charge < -0.3 is 19.9 Å². The number of amides is 1. The minimum atomic E-state index is -0.964. The van der Waals surface area contributed by atoms with E-state index in [0.29, 0.717) is 18.6 Å². The summed E-state index contributed by atoms with van der Waals surface area (Å²) in [5, 5.41) is 13.4. The normalized spacial score (nSPS) is 23.1. The average Bonchev–Trinajstić information content (AvgIpc) is 2.70. The Morgan fingerprint density at radius 2 is 1.89 bits per heavy atom. The van der Waals surface area contributed by atoms with Crippen molar-refractivity contribution in [1.82, 2.24) is 5.32 Å². The number of fused-ring (bicyclic) bond motifs is 2. The standard InChI is InChI=1S/C23H27NO4/c1-13-14(2)21-17(15(3)20(13)25)11-12-23(4,28-21)22(26)24-19-10-9-16-7-5-6-8-18(16)27-19/h5-8,19,25H,9-12H2,1-4H3,(H,24,26). The molecule has 2 aliphatic heterocycles. The molecule has 2 aliphatic rings. The van der Waals surface area contributed by atoms with Crippen molar-refractivity contribution in [2.24, 2.45) is 0 Å². The maximum absolute atomic E-state index is 13.1. The van der Waals surface area contributed by atoms with Crippen LogP contribution >= 0.6 is 0 Å². The molecule has 0 spiro atoms. The van der Waals surface area contributed by atoms with Gasteiger partial charge in [-0.05, 0) is 68.9 Å². The van der Waals surface area contributed by atoms with Gasteiger partial charge in [0.1, 0.15) is 17.2 Å². The molecule has 5 nitrogen and oxygen atoms in total. The molecule has 0 aromatic heterocycles. The lowest BCUT2D eigenvalue weighted by molar-refractivity contribution is -0.139. The quantitative estimate of drug-likeness (QED) is 0.829. The molecular formula is C23H27NO4. The van der Waals surface area contributed by atoms with E-state index in [1.807, 2.05) is 45.9 Å². The van der Waals surface area contributed by atoms with E-state index in [-0.39, 0.29) is 12.1 Å². The van der Waals surface area contributed by atoms with Crippen molar-refractivity contribution in [3.05, 3.63) is 52.1 Å². The molecule has 0 aliphatic carbocycles. The number of rotatable bonds is 2. The summed E-state index contributed by atoms with van der Waals surface area (Å²) in [4.78, 5) is 13.1. The number of para-hydroxylation sites is 1. The second-order valence-corrected chi connectivity index (χ2v) is 8.09. The number of ether oxygens (including phenoxy) is 2. The van der Waals surface area contributed by atoms with Crippen LogP contribution in [-0.4, -0.2) is 22.8 Å². The van der Waals surface area contributed by atoms with Crippen LogP contribution in [0.25, 0.3) is 0 Å². The first kappa shape index (κ1) is 18.7. The van der Waals surface area contributed by atoms with Gasteiger partial charge in [0.2, 0.25) is 0 Å². The fourth-order valence-corrected chi connectivity index (χ4v) is 4.13. The number of hydrogen-bond donors (Lipinski definition) is 2. The Balaban J connectivity index is 1.53. The van der Waals surface area contributed by atoms with Crippen LogP contribution in [0.2, 0.25) is 0 Å². The molecule has 2 atom stereocenters. The van der Waals surface area contributed by atoms with Gasteiger partial charge >= 0.3 is 0 Å². The predicted molar refractivity (Wildman–Crippen MR) is 107 cm³/mol. The molecule has 0 saturated heterocycles. The molecule has 1 amide bonds. The Kier molecular flexibility index (Phi) is 4.48. The van der Waals surface area contributed by atoms with Crippen molar-refractivity contribution in [1.29, 1.82) is 0 Å². The molecule has 2 N–H and O–H groups in total. The van der Waals surface area contributed by atoms with E-state index in [2.05, 4.69) is 11.4 Å². The van der Waals surface area contributed by atoms with Crippen LogP contribution in [-0.2, 0) is 17.6 Å². The first-order valence-corrected chi connectivity index (χ1v) is 9.86. The Hall–Kier alpha value is -2.69. The summed E-state index contributed by atoms with van der Waals surface area (Å²) in [6.07, 6.45) is 2.50. The van der Waals surface area contributed by atoms with Crippen molar-refractivity contribution in [3.8, 4) is 17.2 Å². The largest absolute Gasteiger partial charge is 0.507 e. The van der Waals surface area contributed by atoms with Gasteiger partial charge in [0, 0.05) is 18.4 Å². The van der Waals surface area contributed by atoms with E-state index in [1.54, 1.807) is 0 Å². The average molecular weight is 381 g/mol. The maximum Gasteiger partial charge on any atom is 0.266 e. The van der Waals surface area contributed by atoms with Gasteiger partial charge in [0.05, 0.1) is 0 Å². The van der Waals surface area contributed by atoms with Crippen LogP contribution in [0.1, 0.15) is 47.6 Å². The van der Waals surface area contributed by atoms with Gasteiger partial charge in [-0.25, -0.2) is 0 Å². The third-order valence-electron chi connectivity index (χ3n) is 6.21. The zero-order valence-corrected chi connectivity index (χ0v) is 16.9. The van der Waals surface area contributed by atoms with Crippen molar-refractivity contribution >= 4 is 5.91 Å². The maximum atomic E-state index is 13.1. The first-order chi connectivity index (χ1) is 13.3. The smallest absolute Gasteiger partial charge is 0.266 e. The molecule has 2 heterocycles. The Labute approximate surface area is 165 Å². The van der Waals surface area contributed by atoms with Gasteiger partial charge in [-0.1, -0.05) is 18.2 Å². The predicted octanol–water partition coefficient (Wildman–Crippen LogP) is 3.87. The topological polar surface area (TPSA) is 67.8 Å². The second kappa shape index (κ2) is 6.73. The molecule has 0 fully saturated rings. The molecule has 2 aromatic rings. The van der Waals surface area contributed by atoms with Gasteiger partial charge in [-0.3, -0.25) is 4.79 Å². The van der Waals surface area contributed by atoms with Crippen LogP contribution in [0, 0.1) is 20.8 Å². The minimum Gasteiger partial charge on any atom is -0.507 e. The second-order valence-electron chi connectivity index (χ2n) is 8.09. The lowest BCUT2D eigenvalue weighted by Gasteiger charge is -2.38. The number of carbonyl (C=O) groups excluding carboxylic acids is 1. The van der Waals surface area contributed by atoms with Crippen molar-refractivity contribution in [2.75, 3.05) is 0 Å². The van der Waals surface area contributed by atoms with E-state index in [4.69, 9.17) is 9.47 Å². The summed E-state index contributed by atoms with van der Waals surface area (Å²) >= 11 is 0. The number of benzene rings is 2. The van der Waals surface area contributed by atoms with E-state index >= 15 is 0 Å². The van der Waals surface area contributed by atoms with Crippen molar-refractivity contribution in [3.63, 3.8) is 0 Å². The summed E-state index contributed by atoms with van der Waals surface area (Å²) in [5.41, 5.74) is 3.73. The van der Waals surface area contributed by atoms with Crippen LogP contribution in [0.4, 0.5) is 0 Å². The van der Waals surface area contributed by atoms with Gasteiger partial charge in [0.25, 0.3) is 5.91 Å². The molecule has 28 heavy (non-hydrogen) atoms. The van der Waals surface area contributed by atoms with Gasteiger partial charge in [-0.2, -0.15) is 0 Å². The zero-order valence-electron chi connectivity index (χ0n) is 16.9. The zero-order chi connectivity index (χ0) is 20.1. The van der Waals surface area contributed by atoms with Gasteiger partial charge in [-0.15, -0.1) is 0 Å². The Morgan fingerprint density at radius 1 is 1.14 bits per heavy atom. The molecule has 5 heteroatoms. The molecular weight excluding hydrogens is 354 g/mol. The van der Waals surface area contributed by atoms with Crippen molar-refractivity contribution in [2.45, 2.75) is 65.2 Å². The van der Waals surface area contributed by atoms with E-state index in [9.17, 15) is 9.90 Å². The Morgan fingerprint density at radius 3 is 2.68 bits per heavy atom. The highest BCUT2D eigenvalue weighted by atomic mass is 16.5. The molecule has 4 rings (SSSR count). The third-order valence-corrected chi connectivity index (χ3v) is 6.21. The fraction of sp³-hybridized carbons (Fsp3) is 0.435. The molecule has 148 valence electrons. The SMILES string of the molecule is Cc1c(C)c2c(c(C)c1O)CCC(C)(C(=O)NC1CCc3ccccc3O1)O2. The number of aryl methyl sites for hydroxylation is 1. The first-order valence-electron chi connectivity index (χ1n) is 9.86. The molecule has 2 aromatic carbocycles. The van der Waals surface area contributed by atoms with Crippen LogP contribution < -0.4 is 14.8 Å². The monoisotopic (exact) mass is 381 g/mol. The lowest BCUT2D eigenvalue weighted by atomic mass is 9.86. The van der Waals surface area contributed by atoms with Gasteiger partial charge in [0.15, 0.2) is 11.8 Å². The fourth-order valence-electron chi connectivity index (χ4n) is 4.13. The highest BCUT2D eigenvalue weighted by molar-refractivity contribution is 5.86. The Bertz CT molecular complexity index is 952. The van der Waals surface area contributed by atoms with Crippen LogP contribution in [0.15, 0.2) is 24.3 Å². The number of hydrogen-bond acceptors (Lipinski definition) is 4. The number of phenolic OH excluding ortho intramolecular Hbond substituents is 1. The minimum absolute atomic E-state index is 0.162. The van der Waals surface area contributed by atoms with Crippen LogP contribution in [0.3, 0.4) is 0 Å². The lowest BCUT2D eigenvalue weighted by Crippen LogP contribution is -2.55. The van der Waals surface area contributed by atoms with E-state index < -0.39 is 5.60 Å². The van der Waals surface area contributed by atoms with E-state index in [1.165, 1.54) is 5.56 Å². The number of nitrogens with one attached hydrogen (secondary N) is 1. The summed E-state index contributed by atoms with van der Waals surface area (Å²) in [6, 6.07) is 7.93. The summed E-state index contributed by atoms with van der Waals surface area (Å²) in [5.74, 6) is 1.72. The molecule has 0 saturated carbocycles. The molecule has 2 unspecified atom stereocenters. The van der Waals surface area contributed by atoms with Crippen molar-refractivity contribution < 1.29 is 19.4 Å². The number of aromatic hydroxyl groups is 1. The number of carbonyl (C=O) groups is 1.